The first-order chi connectivity index (χ1) is 8.06. The Kier molecular flexibility index (Phi) is 3.21. The lowest BCUT2D eigenvalue weighted by Gasteiger charge is -2.07. The van der Waals surface area contributed by atoms with Gasteiger partial charge < -0.3 is 10.6 Å². The monoisotopic (exact) mass is 244 g/mol. The summed E-state index contributed by atoms with van der Waals surface area (Å²) in [4.78, 5) is 11.3. The van der Waals surface area contributed by atoms with Crippen molar-refractivity contribution in [2.75, 3.05) is 11.9 Å². The second-order valence-electron chi connectivity index (χ2n) is 3.95. The number of hydrogen-bond acceptors (Lipinski definition) is 2. The van der Waals surface area contributed by atoms with Gasteiger partial charge in [0.05, 0.1) is 6.54 Å². The maximum absolute atomic E-state index is 12.8. The molecule has 0 atom stereocenters. The van der Waals surface area contributed by atoms with Crippen molar-refractivity contribution in [3.63, 3.8) is 0 Å². The topological polar surface area (TPSA) is 41.1 Å². The molecule has 1 saturated carbocycles. The first-order valence-electron chi connectivity index (χ1n) is 5.24. The average molecular weight is 244 g/mol. The van der Waals surface area contributed by atoms with E-state index in [1.807, 2.05) is 0 Å². The lowest BCUT2D eigenvalue weighted by molar-refractivity contribution is -0.119. The lowest BCUT2D eigenvalue weighted by atomic mass is 10.3. The summed E-state index contributed by atoms with van der Waals surface area (Å²) in [6.07, 6.45) is 1.93. The van der Waals surface area contributed by atoms with Gasteiger partial charge in [-0.3, -0.25) is 4.79 Å². The largest absolute Gasteiger partial charge is 0.376 e. The van der Waals surface area contributed by atoms with E-state index in [-0.39, 0.29) is 24.2 Å². The Bertz CT molecular complexity index is 423. The minimum Gasteiger partial charge on any atom is -0.376 e. The molecular formula is C11H11F3N2O. The molecule has 0 spiro atoms. The van der Waals surface area contributed by atoms with Crippen LogP contribution >= 0.6 is 0 Å². The van der Waals surface area contributed by atoms with Crippen molar-refractivity contribution < 1.29 is 18.0 Å². The van der Waals surface area contributed by atoms with Gasteiger partial charge in [-0.15, -0.1) is 0 Å². The van der Waals surface area contributed by atoms with Gasteiger partial charge in [-0.2, -0.15) is 0 Å². The summed E-state index contributed by atoms with van der Waals surface area (Å²) in [6, 6.07) is 1.84. The summed E-state index contributed by atoms with van der Waals surface area (Å²) in [5.41, 5.74) is 0.0346. The van der Waals surface area contributed by atoms with E-state index in [0.29, 0.717) is 0 Å². The predicted octanol–water partition coefficient (Wildman–Crippen LogP) is 1.79. The average Bonchev–Trinajstić information content (AvgIpc) is 3.06. The van der Waals surface area contributed by atoms with Crippen LogP contribution < -0.4 is 10.6 Å². The Morgan fingerprint density at radius 2 is 1.82 bits per heavy atom. The Morgan fingerprint density at radius 1 is 1.24 bits per heavy atom. The van der Waals surface area contributed by atoms with Crippen molar-refractivity contribution in [2.45, 2.75) is 18.9 Å². The van der Waals surface area contributed by atoms with Gasteiger partial charge in [0, 0.05) is 23.9 Å². The summed E-state index contributed by atoms with van der Waals surface area (Å²) >= 11 is 0. The third kappa shape index (κ3) is 3.12. The normalized spacial score (nSPS) is 14.5. The van der Waals surface area contributed by atoms with Crippen LogP contribution in [0.5, 0.6) is 0 Å². The van der Waals surface area contributed by atoms with Crippen molar-refractivity contribution >= 4 is 11.6 Å². The van der Waals surface area contributed by atoms with Crippen molar-refractivity contribution in [1.82, 2.24) is 5.32 Å². The van der Waals surface area contributed by atoms with Crippen molar-refractivity contribution in [2.24, 2.45) is 0 Å². The number of rotatable bonds is 4. The maximum atomic E-state index is 12.8. The van der Waals surface area contributed by atoms with E-state index in [0.717, 1.165) is 25.0 Å². The summed E-state index contributed by atoms with van der Waals surface area (Å²) in [5, 5.41) is 5.23. The Balaban J connectivity index is 1.91. The predicted molar refractivity (Wildman–Crippen MR) is 56.0 cm³/mol. The highest BCUT2D eigenvalue weighted by Gasteiger charge is 2.22. The number of hydrogen-bond donors (Lipinski definition) is 2. The van der Waals surface area contributed by atoms with E-state index in [9.17, 15) is 18.0 Å². The van der Waals surface area contributed by atoms with Crippen LogP contribution in [0.1, 0.15) is 12.8 Å². The van der Waals surface area contributed by atoms with Crippen LogP contribution in [0.3, 0.4) is 0 Å². The minimum absolute atomic E-state index is 0.0346. The molecule has 0 unspecified atom stereocenters. The van der Waals surface area contributed by atoms with Crippen molar-refractivity contribution in [1.29, 1.82) is 0 Å². The van der Waals surface area contributed by atoms with Gasteiger partial charge in [-0.1, -0.05) is 0 Å². The number of amides is 1. The van der Waals surface area contributed by atoms with Gasteiger partial charge in [0.15, 0.2) is 17.5 Å². The van der Waals surface area contributed by atoms with Crippen LogP contribution in [0.2, 0.25) is 0 Å². The van der Waals surface area contributed by atoms with Crippen LogP contribution in [0, 0.1) is 17.5 Å². The Labute approximate surface area is 96.0 Å². The van der Waals surface area contributed by atoms with E-state index in [2.05, 4.69) is 10.6 Å². The molecule has 1 aliphatic rings. The highest BCUT2D eigenvalue weighted by molar-refractivity contribution is 5.81. The summed E-state index contributed by atoms with van der Waals surface area (Å²) in [7, 11) is 0. The molecule has 3 nitrogen and oxygen atoms in total. The zero-order valence-electron chi connectivity index (χ0n) is 8.90. The number of halogens is 3. The molecule has 1 amide bonds. The maximum Gasteiger partial charge on any atom is 0.239 e. The smallest absolute Gasteiger partial charge is 0.239 e. The standard InChI is InChI=1S/C11H11F3N2O/c12-8-3-7(4-9(13)11(8)14)15-5-10(17)16-6-1-2-6/h3-4,6,15H,1-2,5H2,(H,16,17). The molecular weight excluding hydrogens is 233 g/mol. The zero-order valence-corrected chi connectivity index (χ0v) is 8.90. The van der Waals surface area contributed by atoms with Gasteiger partial charge in [0.25, 0.3) is 0 Å². The number of benzene rings is 1. The molecule has 17 heavy (non-hydrogen) atoms. The van der Waals surface area contributed by atoms with Crippen LogP contribution in [-0.4, -0.2) is 18.5 Å². The first kappa shape index (κ1) is 11.8. The second-order valence-corrected chi connectivity index (χ2v) is 3.95. The van der Waals surface area contributed by atoms with Gasteiger partial charge in [0.1, 0.15) is 0 Å². The van der Waals surface area contributed by atoms with E-state index in [1.165, 1.54) is 0 Å². The fourth-order valence-corrected chi connectivity index (χ4v) is 1.35. The third-order valence-electron chi connectivity index (χ3n) is 2.38. The molecule has 0 bridgehead atoms. The molecule has 0 aromatic heterocycles. The lowest BCUT2D eigenvalue weighted by Crippen LogP contribution is -2.31. The second kappa shape index (κ2) is 4.65. The van der Waals surface area contributed by atoms with Crippen molar-refractivity contribution in [3.05, 3.63) is 29.6 Å². The molecule has 0 heterocycles. The van der Waals surface area contributed by atoms with E-state index >= 15 is 0 Å². The molecule has 0 saturated heterocycles. The van der Waals surface area contributed by atoms with Gasteiger partial charge >= 0.3 is 0 Å². The minimum atomic E-state index is -1.52. The highest BCUT2D eigenvalue weighted by Crippen LogP contribution is 2.19. The van der Waals surface area contributed by atoms with Crippen LogP contribution in [0.4, 0.5) is 18.9 Å². The first-order valence-corrected chi connectivity index (χ1v) is 5.24. The number of nitrogens with one attached hydrogen (secondary N) is 2. The number of carbonyl (C=O) groups excluding carboxylic acids is 1. The molecule has 2 rings (SSSR count). The molecule has 0 aliphatic heterocycles. The number of anilines is 1. The quantitative estimate of drug-likeness (QED) is 0.793. The van der Waals surface area contributed by atoms with E-state index in [4.69, 9.17) is 0 Å². The molecule has 1 aliphatic carbocycles. The fourth-order valence-electron chi connectivity index (χ4n) is 1.35. The van der Waals surface area contributed by atoms with Crippen LogP contribution in [0.25, 0.3) is 0 Å². The van der Waals surface area contributed by atoms with Gasteiger partial charge in [-0.05, 0) is 12.8 Å². The van der Waals surface area contributed by atoms with Gasteiger partial charge in [-0.25, -0.2) is 13.2 Å². The fraction of sp³-hybridized carbons (Fsp3) is 0.364. The molecule has 1 aromatic carbocycles. The summed E-state index contributed by atoms with van der Waals surface area (Å²) in [5.74, 6) is -4.33. The summed E-state index contributed by atoms with van der Waals surface area (Å²) in [6.45, 7) is -0.0962. The van der Waals surface area contributed by atoms with Crippen LogP contribution in [0.15, 0.2) is 12.1 Å². The highest BCUT2D eigenvalue weighted by atomic mass is 19.2. The van der Waals surface area contributed by atoms with E-state index in [1.54, 1.807) is 0 Å². The number of carbonyl (C=O) groups is 1. The third-order valence-corrected chi connectivity index (χ3v) is 2.38. The molecule has 92 valence electrons. The zero-order chi connectivity index (χ0) is 12.4. The molecule has 1 fully saturated rings. The van der Waals surface area contributed by atoms with Gasteiger partial charge in [0.2, 0.25) is 5.91 Å². The molecule has 2 N–H and O–H groups in total. The Hall–Kier alpha value is -1.72. The molecule has 1 aromatic rings. The summed E-state index contributed by atoms with van der Waals surface area (Å²) < 4.78 is 38.3. The molecule has 0 radical (unpaired) electrons. The Morgan fingerprint density at radius 3 is 2.35 bits per heavy atom. The SMILES string of the molecule is O=C(CNc1cc(F)c(F)c(F)c1)NC1CC1. The molecule has 6 heteroatoms. The van der Waals surface area contributed by atoms with Crippen molar-refractivity contribution in [3.8, 4) is 0 Å². The van der Waals surface area contributed by atoms with E-state index < -0.39 is 17.5 Å². The van der Waals surface area contributed by atoms with Crippen LogP contribution in [-0.2, 0) is 4.79 Å².